The highest BCUT2D eigenvalue weighted by molar-refractivity contribution is 7.98. The van der Waals surface area contributed by atoms with Crippen LogP contribution in [-0.2, 0) is 20.7 Å². The summed E-state index contributed by atoms with van der Waals surface area (Å²) in [4.78, 5) is 30.6. The first-order chi connectivity index (χ1) is 14.8. The van der Waals surface area contributed by atoms with Gasteiger partial charge in [-0.2, -0.15) is 0 Å². The van der Waals surface area contributed by atoms with Crippen LogP contribution in [0.5, 0.6) is 5.75 Å². The molecule has 1 aliphatic heterocycles. The molecule has 166 valence electrons. The number of carbonyl (C=O) groups is 2. The van der Waals surface area contributed by atoms with Gasteiger partial charge in [0.1, 0.15) is 5.75 Å². The van der Waals surface area contributed by atoms with E-state index in [-0.39, 0.29) is 11.8 Å². The first-order valence-electron chi connectivity index (χ1n) is 10.3. The van der Waals surface area contributed by atoms with Gasteiger partial charge in [0, 0.05) is 36.5 Å². The second-order valence-electron chi connectivity index (χ2n) is 7.90. The summed E-state index contributed by atoms with van der Waals surface area (Å²) in [6.07, 6.45) is 1.74. The van der Waals surface area contributed by atoms with Crippen LogP contribution in [0.3, 0.4) is 0 Å². The van der Waals surface area contributed by atoms with Crippen molar-refractivity contribution in [1.82, 2.24) is 4.90 Å². The van der Waals surface area contributed by atoms with Gasteiger partial charge in [0.05, 0.1) is 7.11 Å². The standard InChI is InChI=1S/C24H30N2O4S/c1-16(27)30-23-21(17-6-8-19(29-4)9-7-17)15-18-14-20(31-5)10-11-22(18)26(24(23)28)13-12-25(2)3/h6-11,14,21,23H,12-13,15H2,1-5H3/t21-,23+/m0/s1. The van der Waals surface area contributed by atoms with Crippen molar-refractivity contribution < 1.29 is 19.1 Å². The maximum atomic E-state index is 13.7. The summed E-state index contributed by atoms with van der Waals surface area (Å²) < 4.78 is 10.9. The predicted molar refractivity (Wildman–Crippen MR) is 124 cm³/mol. The molecule has 31 heavy (non-hydrogen) atoms. The zero-order valence-corrected chi connectivity index (χ0v) is 19.6. The van der Waals surface area contributed by atoms with Gasteiger partial charge in [0.15, 0.2) is 6.10 Å². The average molecular weight is 443 g/mol. The first kappa shape index (κ1) is 23.2. The number of likely N-dealkylation sites (N-methyl/N-ethyl adjacent to an activating group) is 1. The largest absolute Gasteiger partial charge is 0.497 e. The Morgan fingerprint density at radius 2 is 1.90 bits per heavy atom. The van der Waals surface area contributed by atoms with E-state index in [0.717, 1.165) is 27.5 Å². The molecule has 0 aromatic heterocycles. The van der Waals surface area contributed by atoms with E-state index in [0.29, 0.717) is 19.5 Å². The minimum Gasteiger partial charge on any atom is -0.497 e. The molecule has 0 radical (unpaired) electrons. The zero-order valence-electron chi connectivity index (χ0n) is 18.8. The maximum Gasteiger partial charge on any atom is 0.303 e. The predicted octanol–water partition coefficient (Wildman–Crippen LogP) is 3.58. The normalized spacial score (nSPS) is 18.5. The van der Waals surface area contributed by atoms with Gasteiger partial charge in [-0.3, -0.25) is 9.59 Å². The van der Waals surface area contributed by atoms with Gasteiger partial charge in [-0.15, -0.1) is 11.8 Å². The highest BCUT2D eigenvalue weighted by Crippen LogP contribution is 2.38. The lowest BCUT2D eigenvalue weighted by Gasteiger charge is -2.29. The number of amides is 1. The monoisotopic (exact) mass is 442 g/mol. The summed E-state index contributed by atoms with van der Waals surface area (Å²) in [5, 5.41) is 0. The number of hydrogen-bond acceptors (Lipinski definition) is 6. The van der Waals surface area contributed by atoms with Crippen LogP contribution in [0.25, 0.3) is 0 Å². The number of benzene rings is 2. The Bertz CT molecular complexity index is 930. The number of rotatable bonds is 7. The molecule has 2 atom stereocenters. The number of esters is 1. The van der Waals surface area contributed by atoms with Crippen molar-refractivity contribution in [2.24, 2.45) is 0 Å². The molecule has 0 unspecified atom stereocenters. The van der Waals surface area contributed by atoms with Gasteiger partial charge in [-0.25, -0.2) is 0 Å². The molecule has 3 rings (SSSR count). The number of carbonyl (C=O) groups excluding carboxylic acids is 2. The summed E-state index contributed by atoms with van der Waals surface area (Å²) >= 11 is 1.67. The summed E-state index contributed by atoms with van der Waals surface area (Å²) in [6, 6.07) is 13.8. The van der Waals surface area contributed by atoms with Crippen LogP contribution in [0.4, 0.5) is 5.69 Å². The molecular weight excluding hydrogens is 412 g/mol. The van der Waals surface area contributed by atoms with Crippen molar-refractivity contribution >= 4 is 29.3 Å². The van der Waals surface area contributed by atoms with Crippen LogP contribution in [0.1, 0.15) is 24.0 Å². The second kappa shape index (κ2) is 10.2. The van der Waals surface area contributed by atoms with E-state index in [1.807, 2.05) is 61.6 Å². The lowest BCUT2D eigenvalue weighted by Crippen LogP contribution is -2.45. The molecule has 1 aliphatic rings. The molecule has 2 aromatic rings. The number of methoxy groups -OCH3 is 1. The molecule has 6 nitrogen and oxygen atoms in total. The summed E-state index contributed by atoms with van der Waals surface area (Å²) in [5.41, 5.74) is 2.91. The van der Waals surface area contributed by atoms with Crippen LogP contribution in [-0.4, -0.2) is 63.4 Å². The van der Waals surface area contributed by atoms with Crippen molar-refractivity contribution in [3.63, 3.8) is 0 Å². The molecule has 0 saturated heterocycles. The van der Waals surface area contributed by atoms with Crippen LogP contribution in [0.15, 0.2) is 47.4 Å². The van der Waals surface area contributed by atoms with E-state index in [1.165, 1.54) is 6.92 Å². The van der Waals surface area contributed by atoms with Crippen molar-refractivity contribution in [2.75, 3.05) is 45.5 Å². The Kier molecular flexibility index (Phi) is 7.62. The van der Waals surface area contributed by atoms with Gasteiger partial charge in [-0.05, 0) is 68.2 Å². The second-order valence-corrected chi connectivity index (χ2v) is 8.78. The number of anilines is 1. The number of nitrogens with zero attached hydrogens (tertiary/aromatic N) is 2. The topological polar surface area (TPSA) is 59.1 Å². The lowest BCUT2D eigenvalue weighted by atomic mass is 9.87. The van der Waals surface area contributed by atoms with Crippen molar-refractivity contribution in [3.05, 3.63) is 53.6 Å². The Labute approximate surface area is 188 Å². The van der Waals surface area contributed by atoms with Gasteiger partial charge >= 0.3 is 5.97 Å². The number of ether oxygens (including phenoxy) is 2. The molecule has 0 saturated carbocycles. The van der Waals surface area contributed by atoms with Crippen LogP contribution in [0.2, 0.25) is 0 Å². The fourth-order valence-corrected chi connectivity index (χ4v) is 4.35. The van der Waals surface area contributed by atoms with E-state index in [1.54, 1.807) is 23.8 Å². The molecule has 0 spiro atoms. The minimum atomic E-state index is -0.891. The van der Waals surface area contributed by atoms with Crippen molar-refractivity contribution in [2.45, 2.75) is 30.3 Å². The zero-order chi connectivity index (χ0) is 22.5. The Hall–Kier alpha value is -2.51. The Morgan fingerprint density at radius 1 is 1.19 bits per heavy atom. The maximum absolute atomic E-state index is 13.7. The molecule has 1 heterocycles. The van der Waals surface area contributed by atoms with Gasteiger partial charge < -0.3 is 19.3 Å². The Balaban J connectivity index is 2.11. The van der Waals surface area contributed by atoms with Crippen molar-refractivity contribution in [1.29, 1.82) is 0 Å². The van der Waals surface area contributed by atoms with Gasteiger partial charge in [0.25, 0.3) is 5.91 Å². The molecule has 0 aliphatic carbocycles. The molecule has 2 aromatic carbocycles. The van der Waals surface area contributed by atoms with Crippen molar-refractivity contribution in [3.8, 4) is 5.75 Å². The molecule has 0 bridgehead atoms. The van der Waals surface area contributed by atoms with E-state index in [9.17, 15) is 9.59 Å². The minimum absolute atomic E-state index is 0.187. The number of thioether (sulfide) groups is 1. The third kappa shape index (κ3) is 5.40. The summed E-state index contributed by atoms with van der Waals surface area (Å²) in [6.45, 7) is 2.58. The summed E-state index contributed by atoms with van der Waals surface area (Å²) in [7, 11) is 5.57. The van der Waals surface area contributed by atoms with Gasteiger partial charge in [-0.1, -0.05) is 12.1 Å². The van der Waals surface area contributed by atoms with Crippen LogP contribution >= 0.6 is 11.8 Å². The average Bonchev–Trinajstić information content (AvgIpc) is 2.86. The Morgan fingerprint density at radius 3 is 2.48 bits per heavy atom. The highest BCUT2D eigenvalue weighted by Gasteiger charge is 2.40. The number of fused-ring (bicyclic) bond motifs is 1. The van der Waals surface area contributed by atoms with E-state index in [4.69, 9.17) is 9.47 Å². The van der Waals surface area contributed by atoms with E-state index < -0.39 is 12.1 Å². The summed E-state index contributed by atoms with van der Waals surface area (Å²) in [5.74, 6) is -0.193. The molecular formula is C24H30N2O4S. The fraction of sp³-hybridized carbons (Fsp3) is 0.417. The quantitative estimate of drug-likeness (QED) is 0.483. The number of hydrogen-bond donors (Lipinski definition) is 0. The molecule has 1 amide bonds. The van der Waals surface area contributed by atoms with Crippen LogP contribution < -0.4 is 9.64 Å². The molecule has 0 N–H and O–H groups in total. The van der Waals surface area contributed by atoms with Crippen LogP contribution in [0, 0.1) is 0 Å². The lowest BCUT2D eigenvalue weighted by molar-refractivity contribution is -0.154. The van der Waals surface area contributed by atoms with Gasteiger partial charge in [0.2, 0.25) is 0 Å². The molecule has 0 fully saturated rings. The third-order valence-corrected chi connectivity index (χ3v) is 6.23. The van der Waals surface area contributed by atoms with E-state index in [2.05, 4.69) is 6.07 Å². The SMILES string of the molecule is COc1ccc([C@@H]2Cc3cc(SC)ccc3N(CCN(C)C)C(=O)[C@@H]2OC(C)=O)cc1. The highest BCUT2D eigenvalue weighted by atomic mass is 32.2. The van der Waals surface area contributed by atoms with E-state index >= 15 is 0 Å². The third-order valence-electron chi connectivity index (χ3n) is 5.50. The smallest absolute Gasteiger partial charge is 0.303 e. The molecule has 7 heteroatoms. The first-order valence-corrected chi connectivity index (χ1v) is 11.5. The fourth-order valence-electron chi connectivity index (χ4n) is 3.89.